The van der Waals surface area contributed by atoms with Gasteiger partial charge in [-0.15, -0.1) is 0 Å². The third kappa shape index (κ3) is 14.8. The molecule has 5 nitrogen and oxygen atoms in total. The molecule has 0 saturated carbocycles. The minimum Gasteiger partial charge on any atom is -0.483 e. The van der Waals surface area contributed by atoms with Gasteiger partial charge in [0.05, 0.1) is 6.10 Å². The van der Waals surface area contributed by atoms with Gasteiger partial charge in [-0.3, -0.25) is 4.79 Å². The van der Waals surface area contributed by atoms with Gasteiger partial charge in [-0.25, -0.2) is 4.39 Å². The first-order valence-electron chi connectivity index (χ1n) is 8.50. The van der Waals surface area contributed by atoms with Crippen molar-refractivity contribution in [3.63, 3.8) is 0 Å². The standard InChI is InChI=1S/C8H10FN.C7H7Cl.C4H9NO.CH2O2/c1-10-6-7-3-2-4-8(9)5-7;1-6-2-4-7(8)5-3-6;6-4-1-2-5-3-4;2-1-3/h2-5,10H,6H2,1H3;2-5H,1H3;4-6H,1-3H2;1H,(H,2,3). The maximum atomic E-state index is 12.5. The molecule has 0 bridgehead atoms. The molecule has 7 heteroatoms. The second kappa shape index (κ2) is 16.2. The van der Waals surface area contributed by atoms with Crippen LogP contribution in [0.25, 0.3) is 0 Å². The normalized spacial score (nSPS) is 14.5. The highest BCUT2D eigenvalue weighted by molar-refractivity contribution is 6.30. The summed E-state index contributed by atoms with van der Waals surface area (Å²) in [5, 5.41) is 22.3. The Hall–Kier alpha value is -1.99. The molecule has 1 heterocycles. The van der Waals surface area contributed by atoms with Crippen molar-refractivity contribution in [2.75, 3.05) is 20.1 Å². The molecule has 0 spiro atoms. The lowest BCUT2D eigenvalue weighted by Gasteiger charge is -1.97. The van der Waals surface area contributed by atoms with Crippen LogP contribution in [0.15, 0.2) is 48.5 Å². The van der Waals surface area contributed by atoms with E-state index in [0.717, 1.165) is 36.6 Å². The SMILES string of the molecule is CNCc1cccc(F)c1.Cc1ccc(Cl)cc1.O=CO.OC1CCNC1. The largest absolute Gasteiger partial charge is 0.483 e. The molecule has 0 radical (unpaired) electrons. The Morgan fingerprint density at radius 2 is 1.93 bits per heavy atom. The van der Waals surface area contributed by atoms with Crippen LogP contribution in [0.1, 0.15) is 17.5 Å². The number of nitrogens with one attached hydrogen (secondary N) is 2. The van der Waals surface area contributed by atoms with Gasteiger partial charge in [-0.05, 0) is 56.8 Å². The van der Waals surface area contributed by atoms with Gasteiger partial charge >= 0.3 is 0 Å². The zero-order chi connectivity index (χ0) is 20.5. The molecule has 1 fully saturated rings. The summed E-state index contributed by atoms with van der Waals surface area (Å²) < 4.78 is 12.5. The average molecular weight is 399 g/mol. The summed E-state index contributed by atoms with van der Waals surface area (Å²) >= 11 is 5.61. The maximum Gasteiger partial charge on any atom is 0.290 e. The Balaban J connectivity index is 0.000000358. The molecule has 2 aromatic carbocycles. The molecule has 4 N–H and O–H groups in total. The minimum absolute atomic E-state index is 0.0648. The van der Waals surface area contributed by atoms with E-state index in [4.69, 9.17) is 26.6 Å². The minimum atomic E-state index is -0.250. The number of aliphatic hydroxyl groups excluding tert-OH is 1. The highest BCUT2D eigenvalue weighted by atomic mass is 35.5. The Kier molecular flexibility index (Phi) is 15.0. The first-order chi connectivity index (χ1) is 12.9. The molecule has 0 amide bonds. The molecule has 0 aliphatic carbocycles. The summed E-state index contributed by atoms with van der Waals surface area (Å²) in [5.74, 6) is -0.173. The zero-order valence-electron chi connectivity index (χ0n) is 15.7. The smallest absolute Gasteiger partial charge is 0.290 e. The molecular weight excluding hydrogens is 371 g/mol. The quantitative estimate of drug-likeness (QED) is 0.584. The first kappa shape index (κ1) is 25.0. The van der Waals surface area contributed by atoms with Crippen LogP contribution in [0, 0.1) is 12.7 Å². The second-order valence-corrected chi connectivity index (χ2v) is 6.14. The van der Waals surface area contributed by atoms with E-state index in [2.05, 4.69) is 10.6 Å². The zero-order valence-corrected chi connectivity index (χ0v) is 16.4. The van der Waals surface area contributed by atoms with Crippen molar-refractivity contribution in [1.29, 1.82) is 0 Å². The molecular formula is C20H28ClFN2O3. The van der Waals surface area contributed by atoms with Gasteiger partial charge in [0.25, 0.3) is 6.47 Å². The Morgan fingerprint density at radius 3 is 2.30 bits per heavy atom. The van der Waals surface area contributed by atoms with Crippen LogP contribution in [0.3, 0.4) is 0 Å². The van der Waals surface area contributed by atoms with E-state index >= 15 is 0 Å². The van der Waals surface area contributed by atoms with E-state index in [-0.39, 0.29) is 18.4 Å². The first-order valence-corrected chi connectivity index (χ1v) is 8.88. The van der Waals surface area contributed by atoms with E-state index < -0.39 is 0 Å². The van der Waals surface area contributed by atoms with Crippen LogP contribution in [0.4, 0.5) is 4.39 Å². The molecule has 1 unspecified atom stereocenters. The molecule has 0 aromatic heterocycles. The monoisotopic (exact) mass is 398 g/mol. The van der Waals surface area contributed by atoms with Gasteiger partial charge < -0.3 is 20.8 Å². The number of carboxylic acid groups (broad SMARTS) is 1. The van der Waals surface area contributed by atoms with E-state index in [1.165, 1.54) is 17.7 Å². The number of carbonyl (C=O) groups is 1. The van der Waals surface area contributed by atoms with Gasteiger partial charge in [-0.2, -0.15) is 0 Å². The maximum absolute atomic E-state index is 12.5. The van der Waals surface area contributed by atoms with Crippen LogP contribution in [0.2, 0.25) is 5.02 Å². The molecule has 1 atom stereocenters. The average Bonchev–Trinajstić information content (AvgIpc) is 3.11. The summed E-state index contributed by atoms with van der Waals surface area (Å²) in [6.45, 7) is 4.29. The van der Waals surface area contributed by atoms with E-state index in [1.807, 2.05) is 44.3 Å². The molecule has 1 aliphatic rings. The molecule has 2 aromatic rings. The van der Waals surface area contributed by atoms with Crippen molar-refractivity contribution in [1.82, 2.24) is 10.6 Å². The third-order valence-electron chi connectivity index (χ3n) is 3.32. The van der Waals surface area contributed by atoms with Gasteiger partial charge in [0.2, 0.25) is 0 Å². The number of hydrogen-bond donors (Lipinski definition) is 4. The van der Waals surface area contributed by atoms with E-state index in [0.29, 0.717) is 0 Å². The predicted molar refractivity (Wildman–Crippen MR) is 108 cm³/mol. The fourth-order valence-corrected chi connectivity index (χ4v) is 2.15. The summed E-state index contributed by atoms with van der Waals surface area (Å²) in [5.41, 5.74) is 2.22. The molecule has 1 aliphatic heterocycles. The summed E-state index contributed by atoms with van der Waals surface area (Å²) in [6, 6.07) is 14.3. The van der Waals surface area contributed by atoms with E-state index in [1.54, 1.807) is 6.07 Å². The van der Waals surface area contributed by atoms with Crippen LogP contribution in [0.5, 0.6) is 0 Å². The molecule has 1 saturated heterocycles. The molecule has 27 heavy (non-hydrogen) atoms. The summed E-state index contributed by atoms with van der Waals surface area (Å²) in [6.07, 6.45) is 0.866. The fourth-order valence-electron chi connectivity index (χ4n) is 2.02. The van der Waals surface area contributed by atoms with Gasteiger partial charge in [0.15, 0.2) is 0 Å². The van der Waals surface area contributed by atoms with Crippen molar-refractivity contribution >= 4 is 18.1 Å². The van der Waals surface area contributed by atoms with Crippen LogP contribution in [-0.2, 0) is 11.3 Å². The number of aliphatic hydroxyl groups is 1. The predicted octanol–water partition coefficient (Wildman–Crippen LogP) is 3.23. The van der Waals surface area contributed by atoms with Gasteiger partial charge in [0, 0.05) is 18.1 Å². The van der Waals surface area contributed by atoms with Crippen molar-refractivity contribution in [3.05, 3.63) is 70.5 Å². The Labute approximate surface area is 165 Å². The highest BCUT2D eigenvalue weighted by Crippen LogP contribution is 2.07. The number of hydrogen-bond acceptors (Lipinski definition) is 4. The Bertz CT molecular complexity index is 600. The number of benzene rings is 2. The lowest BCUT2D eigenvalue weighted by molar-refractivity contribution is -0.122. The number of halogens is 2. The number of aryl methyl sites for hydroxylation is 1. The number of rotatable bonds is 2. The lowest BCUT2D eigenvalue weighted by atomic mass is 10.2. The highest BCUT2D eigenvalue weighted by Gasteiger charge is 2.08. The summed E-state index contributed by atoms with van der Waals surface area (Å²) in [7, 11) is 1.84. The number of β-amino-alcohol motifs (C(OH)–C–C–N with tert-alkyl or cyclic N) is 1. The van der Waals surface area contributed by atoms with Gasteiger partial charge in [-0.1, -0.05) is 41.4 Å². The van der Waals surface area contributed by atoms with Crippen molar-refractivity contribution in [2.24, 2.45) is 0 Å². The Morgan fingerprint density at radius 1 is 1.30 bits per heavy atom. The fraction of sp³-hybridized carbons (Fsp3) is 0.350. The third-order valence-corrected chi connectivity index (χ3v) is 3.57. The molecule has 150 valence electrons. The topological polar surface area (TPSA) is 81.6 Å². The van der Waals surface area contributed by atoms with Crippen LogP contribution in [-0.4, -0.2) is 42.9 Å². The second-order valence-electron chi connectivity index (χ2n) is 5.71. The van der Waals surface area contributed by atoms with Crippen LogP contribution < -0.4 is 10.6 Å². The lowest BCUT2D eigenvalue weighted by Crippen LogP contribution is -2.11. The van der Waals surface area contributed by atoms with Crippen molar-refractivity contribution in [2.45, 2.75) is 26.0 Å². The molecule has 3 rings (SSSR count). The van der Waals surface area contributed by atoms with Crippen molar-refractivity contribution < 1.29 is 19.4 Å². The van der Waals surface area contributed by atoms with Gasteiger partial charge in [0.1, 0.15) is 5.82 Å². The van der Waals surface area contributed by atoms with E-state index in [9.17, 15) is 4.39 Å². The van der Waals surface area contributed by atoms with Crippen LogP contribution >= 0.6 is 11.6 Å². The van der Waals surface area contributed by atoms with Crippen molar-refractivity contribution in [3.8, 4) is 0 Å². The summed E-state index contributed by atoms with van der Waals surface area (Å²) in [4.78, 5) is 8.36.